The zero-order valence-electron chi connectivity index (χ0n) is 15.1. The van der Waals surface area contributed by atoms with Crippen molar-refractivity contribution in [2.75, 3.05) is 6.54 Å². The highest BCUT2D eigenvalue weighted by Gasteiger charge is 2.46. The maximum absolute atomic E-state index is 13.1. The lowest BCUT2D eigenvalue weighted by Gasteiger charge is -2.24. The van der Waals surface area contributed by atoms with E-state index in [1.54, 1.807) is 12.1 Å². The van der Waals surface area contributed by atoms with Gasteiger partial charge in [-0.05, 0) is 49.1 Å². The van der Waals surface area contributed by atoms with E-state index in [0.29, 0.717) is 30.3 Å². The van der Waals surface area contributed by atoms with Gasteiger partial charge >= 0.3 is 0 Å². The Kier molecular flexibility index (Phi) is 4.24. The molecule has 0 unspecified atom stereocenters. The minimum Gasteiger partial charge on any atom is -0.339 e. The molecular formula is C22H22FN3O. The van der Waals surface area contributed by atoms with Crippen molar-refractivity contribution in [2.45, 2.75) is 43.7 Å². The largest absolute Gasteiger partial charge is 0.339 e. The maximum atomic E-state index is 13.1. The van der Waals surface area contributed by atoms with E-state index in [9.17, 15) is 4.39 Å². The Morgan fingerprint density at radius 1 is 1.07 bits per heavy atom. The van der Waals surface area contributed by atoms with Crippen molar-refractivity contribution in [3.05, 3.63) is 83.3 Å². The third-order valence-corrected chi connectivity index (χ3v) is 5.95. The van der Waals surface area contributed by atoms with Crippen LogP contribution in [0.15, 0.2) is 59.1 Å². The molecule has 27 heavy (non-hydrogen) atoms. The summed E-state index contributed by atoms with van der Waals surface area (Å²) in [5, 5.41) is 4.31. The highest BCUT2D eigenvalue weighted by atomic mass is 19.1. The first-order valence-corrected chi connectivity index (χ1v) is 9.65. The van der Waals surface area contributed by atoms with Crippen LogP contribution >= 0.6 is 0 Å². The van der Waals surface area contributed by atoms with Crippen LogP contribution in [0.25, 0.3) is 0 Å². The van der Waals surface area contributed by atoms with Crippen molar-refractivity contribution in [1.29, 1.82) is 0 Å². The Morgan fingerprint density at radius 2 is 1.89 bits per heavy atom. The van der Waals surface area contributed by atoms with Crippen molar-refractivity contribution in [3.8, 4) is 0 Å². The first-order chi connectivity index (χ1) is 13.3. The van der Waals surface area contributed by atoms with Crippen LogP contribution in [0.5, 0.6) is 0 Å². The second kappa shape index (κ2) is 6.89. The van der Waals surface area contributed by atoms with Crippen LogP contribution < -0.4 is 0 Å². The van der Waals surface area contributed by atoms with Crippen LogP contribution in [0.2, 0.25) is 0 Å². The average molecular weight is 363 g/mol. The lowest BCUT2D eigenvalue weighted by Crippen LogP contribution is -2.27. The van der Waals surface area contributed by atoms with Crippen molar-refractivity contribution >= 4 is 0 Å². The molecule has 3 heterocycles. The van der Waals surface area contributed by atoms with E-state index in [1.165, 1.54) is 30.5 Å². The molecule has 0 bridgehead atoms. The minimum atomic E-state index is -0.232. The minimum absolute atomic E-state index is 0.232. The summed E-state index contributed by atoms with van der Waals surface area (Å²) in [6.45, 7) is 1.14. The number of aromatic nitrogens is 2. The summed E-state index contributed by atoms with van der Waals surface area (Å²) in [5.74, 6) is 1.50. The van der Waals surface area contributed by atoms with Gasteiger partial charge in [0.15, 0.2) is 5.82 Å². The first kappa shape index (κ1) is 16.6. The zero-order chi connectivity index (χ0) is 18.2. The van der Waals surface area contributed by atoms with Crippen LogP contribution in [-0.4, -0.2) is 27.6 Å². The van der Waals surface area contributed by atoms with Gasteiger partial charge in [0, 0.05) is 18.0 Å². The van der Waals surface area contributed by atoms with Gasteiger partial charge in [0.1, 0.15) is 5.82 Å². The molecule has 3 aromatic rings. The number of fused-ring (bicyclic) bond motifs is 1. The number of hydrogen-bond donors (Lipinski definition) is 0. The molecular weight excluding hydrogens is 341 g/mol. The van der Waals surface area contributed by atoms with Crippen molar-refractivity contribution in [3.63, 3.8) is 0 Å². The molecule has 5 heteroatoms. The van der Waals surface area contributed by atoms with Crippen LogP contribution in [0.4, 0.5) is 4.39 Å². The fourth-order valence-electron chi connectivity index (χ4n) is 4.71. The van der Waals surface area contributed by atoms with Gasteiger partial charge in [0.25, 0.3) is 0 Å². The SMILES string of the molecule is Fc1ccc(Cc2nc([C@@H]3C[C@H](c4ccccc4)N4CCC[C@@H]34)no2)cc1. The standard InChI is InChI=1S/C22H22FN3O/c23-17-10-8-15(9-11-17)13-21-24-22(25-27-21)18-14-20(16-5-2-1-3-6-16)26-12-4-7-19(18)26/h1-3,5-6,8-11,18-20H,4,7,12-14H2/t18-,19+,20-/m1/s1. The molecule has 2 aromatic carbocycles. The number of halogens is 1. The quantitative estimate of drug-likeness (QED) is 0.685. The average Bonchev–Trinajstić information content (AvgIpc) is 3.41. The molecule has 0 spiro atoms. The topological polar surface area (TPSA) is 42.2 Å². The molecule has 5 rings (SSSR count). The second-order valence-electron chi connectivity index (χ2n) is 7.57. The van der Waals surface area contributed by atoms with Crippen LogP contribution in [0.1, 0.15) is 54.1 Å². The highest BCUT2D eigenvalue weighted by Crippen LogP contribution is 2.48. The number of nitrogens with zero attached hydrogens (tertiary/aromatic N) is 3. The summed E-state index contributed by atoms with van der Waals surface area (Å²) < 4.78 is 18.6. The molecule has 0 amide bonds. The Morgan fingerprint density at radius 3 is 2.70 bits per heavy atom. The smallest absolute Gasteiger partial charge is 0.231 e. The normalized spacial score (nSPS) is 25.0. The van der Waals surface area contributed by atoms with Gasteiger partial charge in [0.2, 0.25) is 5.89 Å². The van der Waals surface area contributed by atoms with Crippen LogP contribution in [0, 0.1) is 5.82 Å². The summed E-state index contributed by atoms with van der Waals surface area (Å²) in [4.78, 5) is 7.32. The van der Waals surface area contributed by atoms with Crippen molar-refractivity contribution < 1.29 is 8.91 Å². The molecule has 0 N–H and O–H groups in total. The lowest BCUT2D eigenvalue weighted by molar-refractivity contribution is 0.243. The number of rotatable bonds is 4. The Labute approximate surface area is 158 Å². The van der Waals surface area contributed by atoms with E-state index in [2.05, 4.69) is 40.4 Å². The van der Waals surface area contributed by atoms with E-state index in [0.717, 1.165) is 24.4 Å². The Balaban J connectivity index is 1.37. The summed E-state index contributed by atoms with van der Waals surface area (Å²) in [7, 11) is 0. The van der Waals surface area contributed by atoms with Crippen LogP contribution in [-0.2, 0) is 6.42 Å². The van der Waals surface area contributed by atoms with E-state index >= 15 is 0 Å². The Hall–Kier alpha value is -2.53. The third kappa shape index (κ3) is 3.16. The van der Waals surface area contributed by atoms with E-state index in [4.69, 9.17) is 9.51 Å². The molecule has 2 saturated heterocycles. The number of benzene rings is 2. The molecule has 3 atom stereocenters. The van der Waals surface area contributed by atoms with Gasteiger partial charge in [-0.3, -0.25) is 4.90 Å². The molecule has 138 valence electrons. The zero-order valence-corrected chi connectivity index (χ0v) is 15.1. The maximum Gasteiger partial charge on any atom is 0.231 e. The molecule has 2 fully saturated rings. The fourth-order valence-corrected chi connectivity index (χ4v) is 4.71. The summed E-state index contributed by atoms with van der Waals surface area (Å²) in [5.41, 5.74) is 2.35. The molecule has 4 nitrogen and oxygen atoms in total. The predicted octanol–water partition coefficient (Wildman–Crippen LogP) is 4.49. The number of hydrogen-bond acceptors (Lipinski definition) is 4. The van der Waals surface area contributed by atoms with Crippen molar-refractivity contribution in [2.24, 2.45) is 0 Å². The summed E-state index contributed by atoms with van der Waals surface area (Å²) in [6, 6.07) is 18.1. The monoisotopic (exact) mass is 363 g/mol. The van der Waals surface area contributed by atoms with Gasteiger partial charge < -0.3 is 4.52 Å². The van der Waals surface area contributed by atoms with E-state index < -0.39 is 0 Å². The molecule has 0 saturated carbocycles. The van der Waals surface area contributed by atoms with Gasteiger partial charge in [0.05, 0.1) is 6.42 Å². The Bertz CT molecular complexity index is 909. The first-order valence-electron chi connectivity index (χ1n) is 9.65. The molecule has 0 radical (unpaired) electrons. The molecule has 2 aliphatic heterocycles. The highest BCUT2D eigenvalue weighted by molar-refractivity contribution is 5.25. The van der Waals surface area contributed by atoms with E-state index in [-0.39, 0.29) is 5.82 Å². The van der Waals surface area contributed by atoms with E-state index in [1.807, 2.05) is 0 Å². The van der Waals surface area contributed by atoms with Gasteiger partial charge in [-0.25, -0.2) is 4.39 Å². The molecule has 1 aromatic heterocycles. The van der Waals surface area contributed by atoms with Gasteiger partial charge in [-0.2, -0.15) is 4.98 Å². The lowest BCUT2D eigenvalue weighted by atomic mass is 9.94. The third-order valence-electron chi connectivity index (χ3n) is 5.95. The predicted molar refractivity (Wildman–Crippen MR) is 99.8 cm³/mol. The summed E-state index contributed by atoms with van der Waals surface area (Å²) >= 11 is 0. The fraction of sp³-hybridized carbons (Fsp3) is 0.364. The molecule has 2 aliphatic rings. The molecule has 0 aliphatic carbocycles. The van der Waals surface area contributed by atoms with Crippen molar-refractivity contribution in [1.82, 2.24) is 15.0 Å². The van der Waals surface area contributed by atoms with Crippen LogP contribution in [0.3, 0.4) is 0 Å². The van der Waals surface area contributed by atoms with Gasteiger partial charge in [-0.15, -0.1) is 0 Å². The van der Waals surface area contributed by atoms with Gasteiger partial charge in [-0.1, -0.05) is 47.6 Å². The summed E-state index contributed by atoms with van der Waals surface area (Å²) in [6.07, 6.45) is 3.99. The second-order valence-corrected chi connectivity index (χ2v) is 7.57.